The molecule has 106 valence electrons. The number of halogens is 5. The molecule has 0 aliphatic carbocycles. The van der Waals surface area contributed by atoms with E-state index in [0.29, 0.717) is 16.7 Å². The van der Waals surface area contributed by atoms with E-state index in [2.05, 4.69) is 4.74 Å². The third kappa shape index (κ3) is 3.87. The van der Waals surface area contributed by atoms with Crippen molar-refractivity contribution in [1.82, 2.24) is 0 Å². The van der Waals surface area contributed by atoms with Crippen LogP contribution in [0.2, 0.25) is 0 Å². The Morgan fingerprint density at radius 3 is 2.40 bits per heavy atom. The minimum atomic E-state index is -4.76. The van der Waals surface area contributed by atoms with Crippen LogP contribution in [0.15, 0.2) is 42.5 Å². The number of hydrogen-bond acceptors (Lipinski definition) is 1. The Labute approximate surface area is 117 Å². The molecule has 1 nitrogen and oxygen atoms in total. The lowest BCUT2D eigenvalue weighted by Gasteiger charge is -2.10. The molecule has 0 fully saturated rings. The van der Waals surface area contributed by atoms with Crippen molar-refractivity contribution < 1.29 is 22.3 Å². The molecule has 0 spiro atoms. The lowest BCUT2D eigenvalue weighted by atomic mass is 10.0. The smallest absolute Gasteiger partial charge is 0.406 e. The topological polar surface area (TPSA) is 9.23 Å². The maximum Gasteiger partial charge on any atom is 0.573 e. The molecule has 0 saturated heterocycles. The summed E-state index contributed by atoms with van der Waals surface area (Å²) >= 11 is 5.64. The summed E-state index contributed by atoms with van der Waals surface area (Å²) in [7, 11) is 0. The molecular weight excluding hydrogens is 296 g/mol. The number of benzene rings is 2. The van der Waals surface area contributed by atoms with Gasteiger partial charge in [0.15, 0.2) is 0 Å². The van der Waals surface area contributed by atoms with Crippen LogP contribution in [0.5, 0.6) is 5.75 Å². The molecule has 0 aliphatic heterocycles. The van der Waals surface area contributed by atoms with Crippen molar-refractivity contribution in [2.24, 2.45) is 0 Å². The summed E-state index contributed by atoms with van der Waals surface area (Å²) in [6.07, 6.45) is -4.76. The van der Waals surface area contributed by atoms with Crippen molar-refractivity contribution in [2.45, 2.75) is 12.2 Å². The molecule has 0 N–H and O–H groups in total. The van der Waals surface area contributed by atoms with E-state index in [9.17, 15) is 17.6 Å². The second-order valence-electron chi connectivity index (χ2n) is 4.06. The van der Waals surface area contributed by atoms with Crippen molar-refractivity contribution in [3.63, 3.8) is 0 Å². The van der Waals surface area contributed by atoms with Crippen LogP contribution in [0.4, 0.5) is 17.6 Å². The summed E-state index contributed by atoms with van der Waals surface area (Å²) in [5.41, 5.74) is 1.40. The van der Waals surface area contributed by atoms with Crippen molar-refractivity contribution in [1.29, 1.82) is 0 Å². The first kappa shape index (κ1) is 14.7. The summed E-state index contributed by atoms with van der Waals surface area (Å²) in [4.78, 5) is 0. The molecule has 0 aromatic heterocycles. The zero-order chi connectivity index (χ0) is 14.8. The first-order valence-corrected chi connectivity index (χ1v) is 6.12. The van der Waals surface area contributed by atoms with Crippen LogP contribution in [-0.2, 0) is 5.88 Å². The highest BCUT2D eigenvalue weighted by atomic mass is 35.5. The van der Waals surface area contributed by atoms with E-state index < -0.39 is 12.2 Å². The molecular formula is C14H9ClF4O. The fraction of sp³-hybridized carbons (Fsp3) is 0.143. The van der Waals surface area contributed by atoms with Crippen LogP contribution in [0.1, 0.15) is 5.56 Å². The Balaban J connectivity index is 2.38. The molecule has 2 rings (SSSR count). The van der Waals surface area contributed by atoms with Crippen LogP contribution in [0, 0.1) is 5.82 Å². The number of alkyl halides is 4. The molecule has 0 radical (unpaired) electrons. The van der Waals surface area contributed by atoms with E-state index in [1.54, 1.807) is 12.1 Å². The predicted molar refractivity (Wildman–Crippen MR) is 68.1 cm³/mol. The van der Waals surface area contributed by atoms with Gasteiger partial charge in [-0.05, 0) is 47.0 Å². The lowest BCUT2D eigenvalue weighted by molar-refractivity contribution is -0.274. The Bertz CT molecular complexity index is 610. The molecule has 2 aromatic rings. The monoisotopic (exact) mass is 304 g/mol. The number of hydrogen-bond donors (Lipinski definition) is 0. The fourth-order valence-electron chi connectivity index (χ4n) is 1.77. The van der Waals surface area contributed by atoms with E-state index in [1.165, 1.54) is 30.3 Å². The Morgan fingerprint density at radius 1 is 1.00 bits per heavy atom. The molecule has 0 unspecified atom stereocenters. The standard InChI is InChI=1S/C14H9ClF4O/c15-8-9-4-11(6-12(16)5-9)10-2-1-3-13(7-10)20-14(17,18)19/h1-7H,8H2. The van der Waals surface area contributed by atoms with Crippen molar-refractivity contribution in [3.8, 4) is 16.9 Å². The summed E-state index contributed by atoms with van der Waals surface area (Å²) < 4.78 is 53.7. The van der Waals surface area contributed by atoms with Gasteiger partial charge in [0, 0.05) is 5.88 Å². The summed E-state index contributed by atoms with van der Waals surface area (Å²) in [6, 6.07) is 9.45. The van der Waals surface area contributed by atoms with Crippen LogP contribution >= 0.6 is 11.6 Å². The molecule has 0 atom stereocenters. The van der Waals surface area contributed by atoms with Crippen LogP contribution in [-0.4, -0.2) is 6.36 Å². The normalized spacial score (nSPS) is 11.4. The van der Waals surface area contributed by atoms with Gasteiger partial charge in [-0.15, -0.1) is 24.8 Å². The maximum absolute atomic E-state index is 13.4. The first-order valence-electron chi connectivity index (χ1n) is 5.59. The first-order chi connectivity index (χ1) is 9.37. The summed E-state index contributed by atoms with van der Waals surface area (Å²) in [6.45, 7) is 0. The van der Waals surface area contributed by atoms with E-state index in [1.807, 2.05) is 0 Å². The minimum absolute atomic E-state index is 0.115. The third-order valence-electron chi connectivity index (χ3n) is 2.51. The Morgan fingerprint density at radius 2 is 1.75 bits per heavy atom. The van der Waals surface area contributed by atoms with Gasteiger partial charge in [-0.3, -0.25) is 0 Å². The number of rotatable bonds is 3. The van der Waals surface area contributed by atoms with Gasteiger partial charge in [-0.1, -0.05) is 12.1 Å². The zero-order valence-electron chi connectivity index (χ0n) is 10.0. The largest absolute Gasteiger partial charge is 0.573 e. The van der Waals surface area contributed by atoms with Gasteiger partial charge in [-0.2, -0.15) is 0 Å². The van der Waals surface area contributed by atoms with Gasteiger partial charge in [0.05, 0.1) is 0 Å². The Kier molecular flexibility index (Phi) is 4.18. The van der Waals surface area contributed by atoms with Gasteiger partial charge in [0.1, 0.15) is 11.6 Å². The van der Waals surface area contributed by atoms with E-state index in [-0.39, 0.29) is 11.6 Å². The van der Waals surface area contributed by atoms with E-state index in [0.717, 1.165) is 0 Å². The zero-order valence-corrected chi connectivity index (χ0v) is 10.8. The lowest BCUT2D eigenvalue weighted by Crippen LogP contribution is -2.17. The van der Waals surface area contributed by atoms with E-state index >= 15 is 0 Å². The number of ether oxygens (including phenoxy) is 1. The Hall–Kier alpha value is -1.75. The highest BCUT2D eigenvalue weighted by Gasteiger charge is 2.31. The summed E-state index contributed by atoms with van der Waals surface area (Å²) in [5, 5.41) is 0. The average molecular weight is 305 g/mol. The molecule has 0 amide bonds. The predicted octanol–water partition coefficient (Wildman–Crippen LogP) is 5.13. The van der Waals surface area contributed by atoms with Crippen LogP contribution in [0.3, 0.4) is 0 Å². The quantitative estimate of drug-likeness (QED) is 0.564. The van der Waals surface area contributed by atoms with Crippen LogP contribution < -0.4 is 4.74 Å². The maximum atomic E-state index is 13.4. The molecule has 0 bridgehead atoms. The van der Waals surface area contributed by atoms with Crippen molar-refractivity contribution >= 4 is 11.6 Å². The van der Waals surface area contributed by atoms with Crippen molar-refractivity contribution in [3.05, 3.63) is 53.8 Å². The molecule has 0 heterocycles. The second kappa shape index (κ2) is 5.71. The van der Waals surface area contributed by atoms with Gasteiger partial charge in [0.2, 0.25) is 0 Å². The van der Waals surface area contributed by atoms with Gasteiger partial charge in [-0.25, -0.2) is 4.39 Å². The second-order valence-corrected chi connectivity index (χ2v) is 4.32. The van der Waals surface area contributed by atoms with E-state index in [4.69, 9.17) is 11.6 Å². The fourth-order valence-corrected chi connectivity index (χ4v) is 1.92. The van der Waals surface area contributed by atoms with Gasteiger partial charge in [0.25, 0.3) is 0 Å². The van der Waals surface area contributed by atoms with Crippen molar-refractivity contribution in [2.75, 3.05) is 0 Å². The molecule has 6 heteroatoms. The SMILES string of the molecule is Fc1cc(CCl)cc(-c2cccc(OC(F)(F)F)c2)c1. The average Bonchev–Trinajstić information content (AvgIpc) is 2.36. The third-order valence-corrected chi connectivity index (χ3v) is 2.82. The summed E-state index contributed by atoms with van der Waals surface area (Å²) in [5.74, 6) is -0.740. The minimum Gasteiger partial charge on any atom is -0.406 e. The molecule has 20 heavy (non-hydrogen) atoms. The highest BCUT2D eigenvalue weighted by Crippen LogP contribution is 2.29. The highest BCUT2D eigenvalue weighted by molar-refractivity contribution is 6.17. The molecule has 0 aliphatic rings. The van der Waals surface area contributed by atoms with Gasteiger partial charge >= 0.3 is 6.36 Å². The molecule has 2 aromatic carbocycles. The van der Waals surface area contributed by atoms with Crippen LogP contribution in [0.25, 0.3) is 11.1 Å². The molecule has 0 saturated carbocycles. The van der Waals surface area contributed by atoms with Gasteiger partial charge < -0.3 is 4.74 Å².